The van der Waals surface area contributed by atoms with Crippen molar-refractivity contribution in [3.8, 4) is 0 Å². The van der Waals surface area contributed by atoms with E-state index in [0.717, 1.165) is 30.2 Å². The molecule has 0 spiro atoms. The third kappa shape index (κ3) is 2.59. The van der Waals surface area contributed by atoms with Crippen molar-refractivity contribution in [1.82, 2.24) is 9.21 Å². The van der Waals surface area contributed by atoms with Crippen molar-refractivity contribution < 1.29 is 17.6 Å². The Morgan fingerprint density at radius 3 is 2.36 bits per heavy atom. The quantitative estimate of drug-likeness (QED) is 0.791. The zero-order valence-electron chi connectivity index (χ0n) is 12.7. The zero-order valence-corrected chi connectivity index (χ0v) is 13.5. The summed E-state index contributed by atoms with van der Waals surface area (Å²) < 4.78 is 30.2. The molecular formula is C15H20N2O4S. The number of carbonyl (C=O) groups is 1. The predicted molar refractivity (Wildman–Crippen MR) is 80.8 cm³/mol. The van der Waals surface area contributed by atoms with Crippen LogP contribution in [-0.4, -0.2) is 50.7 Å². The highest BCUT2D eigenvalue weighted by molar-refractivity contribution is 7.88. The molecule has 1 aliphatic carbocycles. The summed E-state index contributed by atoms with van der Waals surface area (Å²) in [6.45, 7) is 1.46. The Kier molecular flexibility index (Phi) is 3.86. The molecule has 0 bridgehead atoms. The van der Waals surface area contributed by atoms with Crippen LogP contribution in [0.15, 0.2) is 34.0 Å². The van der Waals surface area contributed by atoms with Crippen LogP contribution in [0.4, 0.5) is 0 Å². The fourth-order valence-corrected chi connectivity index (χ4v) is 3.91. The van der Waals surface area contributed by atoms with Gasteiger partial charge >= 0.3 is 0 Å². The minimum atomic E-state index is -3.65. The van der Waals surface area contributed by atoms with Gasteiger partial charge in [0.1, 0.15) is 6.26 Å². The molecule has 1 saturated heterocycles. The topological polar surface area (TPSA) is 70.8 Å². The van der Waals surface area contributed by atoms with E-state index in [2.05, 4.69) is 12.2 Å². The average molecular weight is 324 g/mol. The van der Waals surface area contributed by atoms with Crippen molar-refractivity contribution in [2.45, 2.75) is 17.9 Å². The van der Waals surface area contributed by atoms with E-state index in [4.69, 9.17) is 4.42 Å². The molecule has 22 heavy (non-hydrogen) atoms. The second kappa shape index (κ2) is 5.55. The molecule has 1 amide bonds. The van der Waals surface area contributed by atoms with Crippen LogP contribution < -0.4 is 0 Å². The summed E-state index contributed by atoms with van der Waals surface area (Å²) in [5.74, 6) is 0.884. The van der Waals surface area contributed by atoms with Gasteiger partial charge in [-0.1, -0.05) is 12.2 Å². The van der Waals surface area contributed by atoms with Gasteiger partial charge in [0.05, 0.1) is 5.56 Å². The molecule has 0 N–H and O–H groups in total. The van der Waals surface area contributed by atoms with Gasteiger partial charge in [-0.3, -0.25) is 4.79 Å². The van der Waals surface area contributed by atoms with Crippen LogP contribution in [0.3, 0.4) is 0 Å². The molecule has 1 aliphatic heterocycles. The molecule has 120 valence electrons. The first-order valence-corrected chi connectivity index (χ1v) is 8.79. The number of carbonyl (C=O) groups excluding carboxylic acids is 1. The fraction of sp³-hybridized carbons (Fsp3) is 0.533. The predicted octanol–water partition coefficient (Wildman–Crippen LogP) is 1.57. The van der Waals surface area contributed by atoms with Crippen LogP contribution in [0, 0.1) is 11.8 Å². The monoisotopic (exact) mass is 324 g/mol. The van der Waals surface area contributed by atoms with Crippen molar-refractivity contribution in [2.75, 3.05) is 27.2 Å². The van der Waals surface area contributed by atoms with Crippen LogP contribution in [0.2, 0.25) is 0 Å². The first kappa shape index (κ1) is 15.3. The SMILES string of the molecule is CN(C)S(=O)(=O)c1cc(C(=O)N2C[C@H]3CC=CC[C@H]3C2)co1. The molecule has 2 aliphatic rings. The maximum absolute atomic E-state index is 12.5. The highest BCUT2D eigenvalue weighted by Crippen LogP contribution is 2.33. The van der Waals surface area contributed by atoms with E-state index in [9.17, 15) is 13.2 Å². The molecule has 0 saturated carbocycles. The lowest BCUT2D eigenvalue weighted by molar-refractivity contribution is 0.0783. The van der Waals surface area contributed by atoms with E-state index >= 15 is 0 Å². The van der Waals surface area contributed by atoms with Crippen LogP contribution in [-0.2, 0) is 10.0 Å². The van der Waals surface area contributed by atoms with Gasteiger partial charge in [-0.25, -0.2) is 12.7 Å². The first-order valence-electron chi connectivity index (χ1n) is 7.35. The first-order chi connectivity index (χ1) is 10.4. The van der Waals surface area contributed by atoms with Gasteiger partial charge in [0, 0.05) is 33.3 Å². The minimum absolute atomic E-state index is 0.154. The van der Waals surface area contributed by atoms with Crippen LogP contribution in [0.25, 0.3) is 0 Å². The molecule has 1 fully saturated rings. The van der Waals surface area contributed by atoms with Gasteiger partial charge in [0.2, 0.25) is 5.09 Å². The van der Waals surface area contributed by atoms with Gasteiger partial charge in [-0.2, -0.15) is 0 Å². The largest absolute Gasteiger partial charge is 0.451 e. The summed E-state index contributed by atoms with van der Waals surface area (Å²) in [5.41, 5.74) is 0.298. The molecule has 2 atom stereocenters. The van der Waals surface area contributed by atoms with E-state index in [-0.39, 0.29) is 11.0 Å². The molecule has 1 aromatic heterocycles. The third-order valence-corrected chi connectivity index (χ3v) is 6.15. The Morgan fingerprint density at radius 1 is 1.23 bits per heavy atom. The molecular weight excluding hydrogens is 304 g/mol. The number of furan rings is 1. The lowest BCUT2D eigenvalue weighted by Crippen LogP contribution is -2.28. The van der Waals surface area contributed by atoms with Crippen molar-refractivity contribution in [3.05, 3.63) is 30.0 Å². The smallest absolute Gasteiger partial charge is 0.275 e. The number of fused-ring (bicyclic) bond motifs is 1. The molecule has 2 heterocycles. The Hall–Kier alpha value is -1.60. The van der Waals surface area contributed by atoms with Gasteiger partial charge in [-0.05, 0) is 24.7 Å². The maximum atomic E-state index is 12.5. The molecule has 0 radical (unpaired) electrons. The summed E-state index contributed by atoms with van der Waals surface area (Å²) in [5, 5.41) is -0.195. The summed E-state index contributed by atoms with van der Waals surface area (Å²) in [6.07, 6.45) is 7.61. The van der Waals surface area contributed by atoms with Crippen molar-refractivity contribution in [1.29, 1.82) is 0 Å². The Bertz CT molecular complexity index is 689. The molecule has 0 aromatic carbocycles. The number of likely N-dealkylation sites (tertiary alicyclic amines) is 1. The molecule has 0 unspecified atom stereocenters. The fourth-order valence-electron chi connectivity index (χ4n) is 3.11. The van der Waals surface area contributed by atoms with E-state index in [1.807, 2.05) is 0 Å². The zero-order chi connectivity index (χ0) is 15.9. The summed E-state index contributed by atoms with van der Waals surface area (Å²) in [6, 6.07) is 1.32. The van der Waals surface area contributed by atoms with E-state index < -0.39 is 10.0 Å². The Labute approximate surface area is 130 Å². The lowest BCUT2D eigenvalue weighted by Gasteiger charge is -2.17. The third-order valence-electron chi connectivity index (χ3n) is 4.47. The summed E-state index contributed by atoms with van der Waals surface area (Å²) in [7, 11) is -0.792. The van der Waals surface area contributed by atoms with Crippen molar-refractivity contribution in [2.24, 2.45) is 11.8 Å². The van der Waals surface area contributed by atoms with Crippen LogP contribution in [0.1, 0.15) is 23.2 Å². The van der Waals surface area contributed by atoms with E-state index in [0.29, 0.717) is 17.4 Å². The molecule has 7 heteroatoms. The average Bonchev–Trinajstić information content (AvgIpc) is 3.13. The highest BCUT2D eigenvalue weighted by Gasteiger charge is 2.36. The normalized spacial score (nSPS) is 24.8. The maximum Gasteiger partial charge on any atom is 0.275 e. The van der Waals surface area contributed by atoms with Gasteiger partial charge in [0.25, 0.3) is 15.9 Å². The van der Waals surface area contributed by atoms with Gasteiger partial charge in [0.15, 0.2) is 0 Å². The lowest BCUT2D eigenvalue weighted by atomic mass is 9.86. The second-order valence-corrected chi connectivity index (χ2v) is 8.20. The number of hydrogen-bond donors (Lipinski definition) is 0. The minimum Gasteiger partial charge on any atom is -0.451 e. The number of allylic oxidation sites excluding steroid dienone is 2. The Morgan fingerprint density at radius 2 is 1.82 bits per heavy atom. The van der Waals surface area contributed by atoms with Gasteiger partial charge in [-0.15, -0.1) is 0 Å². The van der Waals surface area contributed by atoms with Crippen LogP contribution in [0.5, 0.6) is 0 Å². The second-order valence-electron chi connectivity index (χ2n) is 6.11. The number of nitrogens with zero attached hydrogens (tertiary/aromatic N) is 2. The summed E-state index contributed by atoms with van der Waals surface area (Å²) >= 11 is 0. The highest BCUT2D eigenvalue weighted by atomic mass is 32.2. The van der Waals surface area contributed by atoms with Crippen molar-refractivity contribution >= 4 is 15.9 Å². The number of rotatable bonds is 3. The number of amides is 1. The van der Waals surface area contributed by atoms with Crippen molar-refractivity contribution in [3.63, 3.8) is 0 Å². The van der Waals surface area contributed by atoms with Gasteiger partial charge < -0.3 is 9.32 Å². The van der Waals surface area contributed by atoms with E-state index in [1.54, 1.807) is 4.90 Å². The molecule has 3 rings (SSSR count). The number of sulfonamides is 1. The summed E-state index contributed by atoms with van der Waals surface area (Å²) in [4.78, 5) is 14.3. The molecule has 1 aromatic rings. The van der Waals surface area contributed by atoms with Crippen LogP contribution >= 0.6 is 0 Å². The number of hydrogen-bond acceptors (Lipinski definition) is 4. The Balaban J connectivity index is 1.76. The van der Waals surface area contributed by atoms with E-state index in [1.165, 1.54) is 26.4 Å². The standard InChI is InChI=1S/C15H20N2O4S/c1-16(2)22(19,20)14-7-13(10-21-14)15(18)17-8-11-5-3-4-6-12(11)9-17/h3-4,7,10-12H,5-6,8-9H2,1-2H3/t11-,12+. The molecule has 6 nitrogen and oxygen atoms in total.